The van der Waals surface area contributed by atoms with Crippen LogP contribution in [0.2, 0.25) is 0 Å². The summed E-state index contributed by atoms with van der Waals surface area (Å²) in [6.45, 7) is 12.5. The van der Waals surface area contributed by atoms with Gasteiger partial charge in [0.25, 0.3) is 0 Å². The molecule has 1 saturated carbocycles. The Bertz CT molecular complexity index is 299. The Morgan fingerprint density at radius 2 is 1.50 bits per heavy atom. The minimum Gasteiger partial charge on any atom is -0.363 e. The van der Waals surface area contributed by atoms with Crippen LogP contribution in [0.4, 0.5) is 0 Å². The second-order valence-corrected chi connectivity index (χ2v) is 6.33. The number of hydrogen-bond donors (Lipinski definition) is 0. The van der Waals surface area contributed by atoms with E-state index in [0.29, 0.717) is 0 Å². The fraction of sp³-hybridized carbons (Fsp3) is 0.917. The van der Waals surface area contributed by atoms with Gasteiger partial charge < -0.3 is 4.74 Å². The number of fused-ring (bicyclic) bond motifs is 1. The Labute approximate surface area is 86.0 Å². The van der Waals surface area contributed by atoms with Gasteiger partial charge in [-0.25, -0.2) is 0 Å². The minimum atomic E-state index is -0.569. The van der Waals surface area contributed by atoms with Crippen LogP contribution in [0.5, 0.6) is 0 Å². The van der Waals surface area contributed by atoms with Crippen LogP contribution in [0.3, 0.4) is 0 Å². The van der Waals surface area contributed by atoms with Crippen LogP contribution in [0.25, 0.3) is 0 Å². The Kier molecular flexibility index (Phi) is 1.62. The maximum Gasteiger partial charge on any atom is 0.170 e. The minimum absolute atomic E-state index is 0.0719. The smallest absolute Gasteiger partial charge is 0.170 e. The highest BCUT2D eigenvalue weighted by molar-refractivity contribution is 5.93. The van der Waals surface area contributed by atoms with Gasteiger partial charge in [-0.2, -0.15) is 0 Å². The molecule has 0 aromatic rings. The molecule has 2 unspecified atom stereocenters. The number of ketones is 1. The average molecular weight is 196 g/mol. The molecular weight excluding hydrogens is 176 g/mol. The Balaban J connectivity index is 2.39. The summed E-state index contributed by atoms with van der Waals surface area (Å²) < 4.78 is 5.86. The van der Waals surface area contributed by atoms with Gasteiger partial charge in [0.2, 0.25) is 0 Å². The Hall–Kier alpha value is -0.370. The molecule has 14 heavy (non-hydrogen) atoms. The summed E-state index contributed by atoms with van der Waals surface area (Å²) in [6, 6.07) is 0. The third-order valence-electron chi connectivity index (χ3n) is 4.75. The van der Waals surface area contributed by atoms with Crippen LogP contribution < -0.4 is 0 Å². The highest BCUT2D eigenvalue weighted by Crippen LogP contribution is 2.65. The van der Waals surface area contributed by atoms with Crippen molar-refractivity contribution in [3.05, 3.63) is 0 Å². The summed E-state index contributed by atoms with van der Waals surface area (Å²) in [4.78, 5) is 12.1. The summed E-state index contributed by atoms with van der Waals surface area (Å²) in [7, 11) is 0. The Morgan fingerprint density at radius 3 is 1.93 bits per heavy atom. The standard InChI is InChI=1S/C12H20O2/c1-10(2)7-8(13)12(5,6)14-9(7)11(10,3)4/h7,9H,1-6H3. The zero-order valence-corrected chi connectivity index (χ0v) is 9.97. The molecule has 2 rings (SSSR count). The second-order valence-electron chi connectivity index (χ2n) is 6.33. The topological polar surface area (TPSA) is 26.3 Å². The molecule has 0 aromatic heterocycles. The lowest BCUT2D eigenvalue weighted by atomic mass is 9.44. The fourth-order valence-corrected chi connectivity index (χ4v) is 2.90. The zero-order valence-electron chi connectivity index (χ0n) is 9.97. The summed E-state index contributed by atoms with van der Waals surface area (Å²) in [5, 5.41) is 0. The highest BCUT2D eigenvalue weighted by Gasteiger charge is 2.71. The van der Waals surface area contributed by atoms with Crippen molar-refractivity contribution in [2.24, 2.45) is 16.7 Å². The van der Waals surface area contributed by atoms with E-state index in [9.17, 15) is 4.79 Å². The lowest BCUT2D eigenvalue weighted by Crippen LogP contribution is -2.63. The molecule has 0 bridgehead atoms. The molecule has 1 aliphatic carbocycles. The molecule has 1 saturated heterocycles. The normalized spacial score (nSPS) is 41.7. The van der Waals surface area contributed by atoms with Gasteiger partial charge in [0.05, 0.1) is 12.0 Å². The van der Waals surface area contributed by atoms with E-state index in [2.05, 4.69) is 27.7 Å². The monoisotopic (exact) mass is 196 g/mol. The lowest BCUT2D eigenvalue weighted by molar-refractivity contribution is -0.206. The molecule has 0 amide bonds. The fourth-order valence-electron chi connectivity index (χ4n) is 2.90. The summed E-state index contributed by atoms with van der Waals surface area (Å²) >= 11 is 0. The molecule has 80 valence electrons. The van der Waals surface area contributed by atoms with Crippen molar-refractivity contribution in [3.8, 4) is 0 Å². The molecule has 2 heteroatoms. The molecule has 1 aliphatic heterocycles. The number of rotatable bonds is 0. The van der Waals surface area contributed by atoms with Crippen LogP contribution in [-0.4, -0.2) is 17.5 Å². The van der Waals surface area contributed by atoms with E-state index in [4.69, 9.17) is 4.74 Å². The van der Waals surface area contributed by atoms with Crippen molar-refractivity contribution in [2.45, 2.75) is 53.2 Å². The third kappa shape index (κ3) is 0.837. The maximum atomic E-state index is 12.1. The largest absolute Gasteiger partial charge is 0.363 e. The van der Waals surface area contributed by atoms with Gasteiger partial charge in [-0.3, -0.25) is 4.79 Å². The molecule has 0 aromatic carbocycles. The molecule has 2 atom stereocenters. The van der Waals surface area contributed by atoms with Crippen LogP contribution >= 0.6 is 0 Å². The lowest BCUT2D eigenvalue weighted by Gasteiger charge is -2.60. The molecule has 0 radical (unpaired) electrons. The van der Waals surface area contributed by atoms with Crippen molar-refractivity contribution in [1.29, 1.82) is 0 Å². The number of carbonyl (C=O) groups is 1. The van der Waals surface area contributed by atoms with Crippen LogP contribution in [0, 0.1) is 16.7 Å². The van der Waals surface area contributed by atoms with E-state index in [-0.39, 0.29) is 28.6 Å². The predicted molar refractivity (Wildman–Crippen MR) is 55.0 cm³/mol. The molecule has 0 N–H and O–H groups in total. The van der Waals surface area contributed by atoms with Gasteiger partial charge in [-0.1, -0.05) is 27.7 Å². The summed E-state index contributed by atoms with van der Waals surface area (Å²) in [5.74, 6) is 0.388. The first kappa shape index (κ1) is 10.2. The average Bonchev–Trinajstić information content (AvgIpc) is 2.23. The third-order valence-corrected chi connectivity index (χ3v) is 4.75. The van der Waals surface area contributed by atoms with Gasteiger partial charge in [0.15, 0.2) is 5.78 Å². The molecule has 2 aliphatic rings. The van der Waals surface area contributed by atoms with Crippen LogP contribution in [0.15, 0.2) is 0 Å². The molecule has 1 heterocycles. The van der Waals surface area contributed by atoms with Crippen molar-refractivity contribution in [2.75, 3.05) is 0 Å². The molecule has 2 nitrogen and oxygen atoms in total. The SMILES string of the molecule is CC1(C)OC2C(C1=O)C(C)(C)C2(C)C. The van der Waals surface area contributed by atoms with Gasteiger partial charge >= 0.3 is 0 Å². The molecule has 0 spiro atoms. The van der Waals surface area contributed by atoms with Crippen molar-refractivity contribution >= 4 is 5.78 Å². The van der Waals surface area contributed by atoms with Crippen LogP contribution in [0.1, 0.15) is 41.5 Å². The predicted octanol–water partition coefficient (Wildman–Crippen LogP) is 2.42. The first-order valence-corrected chi connectivity index (χ1v) is 5.34. The highest BCUT2D eigenvalue weighted by atomic mass is 16.5. The molecular formula is C12H20O2. The first-order chi connectivity index (χ1) is 6.12. The number of carbonyl (C=O) groups excluding carboxylic acids is 1. The van der Waals surface area contributed by atoms with E-state index < -0.39 is 5.60 Å². The number of Topliss-reactive ketones (excluding diaryl/α,β-unsaturated/α-hetero) is 1. The van der Waals surface area contributed by atoms with Crippen LogP contribution in [-0.2, 0) is 9.53 Å². The van der Waals surface area contributed by atoms with Gasteiger partial charge in [-0.05, 0) is 24.7 Å². The number of ether oxygens (including phenoxy) is 1. The summed E-state index contributed by atoms with van der Waals surface area (Å²) in [6.07, 6.45) is 0.125. The van der Waals surface area contributed by atoms with Gasteiger partial charge in [0.1, 0.15) is 5.60 Å². The van der Waals surface area contributed by atoms with Crippen molar-refractivity contribution in [1.82, 2.24) is 0 Å². The van der Waals surface area contributed by atoms with Crippen molar-refractivity contribution in [3.63, 3.8) is 0 Å². The Morgan fingerprint density at radius 1 is 1.00 bits per heavy atom. The maximum absolute atomic E-state index is 12.1. The van der Waals surface area contributed by atoms with Gasteiger partial charge in [-0.15, -0.1) is 0 Å². The van der Waals surface area contributed by atoms with E-state index in [1.807, 2.05) is 13.8 Å². The number of hydrogen-bond acceptors (Lipinski definition) is 2. The quantitative estimate of drug-likeness (QED) is 0.594. The second kappa shape index (κ2) is 2.24. The van der Waals surface area contributed by atoms with E-state index >= 15 is 0 Å². The zero-order chi connectivity index (χ0) is 10.9. The van der Waals surface area contributed by atoms with Crippen molar-refractivity contribution < 1.29 is 9.53 Å². The first-order valence-electron chi connectivity index (χ1n) is 5.34. The van der Waals surface area contributed by atoms with E-state index in [0.717, 1.165) is 0 Å². The summed E-state index contributed by atoms with van der Waals surface area (Å²) in [5.41, 5.74) is -0.385. The van der Waals surface area contributed by atoms with E-state index in [1.165, 1.54) is 0 Å². The van der Waals surface area contributed by atoms with Gasteiger partial charge in [0, 0.05) is 0 Å². The molecule has 2 fully saturated rings. The van der Waals surface area contributed by atoms with E-state index in [1.54, 1.807) is 0 Å².